The second-order valence-corrected chi connectivity index (χ2v) is 3.47. The first kappa shape index (κ1) is 7.87. The van der Waals surface area contributed by atoms with E-state index in [0.717, 1.165) is 5.69 Å². The van der Waals surface area contributed by atoms with Crippen molar-refractivity contribution in [1.29, 1.82) is 0 Å². The van der Waals surface area contributed by atoms with Crippen molar-refractivity contribution in [2.75, 3.05) is 5.32 Å². The van der Waals surface area contributed by atoms with Crippen LogP contribution in [0.5, 0.6) is 0 Å². The standard InChI is InChI=1S/C9H11ClN2/c10-9-8(5-2-6-11-9)12-7-3-1-4-7/h2,5-7,12H,1,3-4H2. The Hall–Kier alpha value is -0.760. The van der Waals surface area contributed by atoms with E-state index in [1.165, 1.54) is 19.3 Å². The molecular weight excluding hydrogens is 172 g/mol. The van der Waals surface area contributed by atoms with Crippen LogP contribution in [0.1, 0.15) is 19.3 Å². The molecule has 64 valence electrons. The van der Waals surface area contributed by atoms with Gasteiger partial charge in [0, 0.05) is 12.2 Å². The molecule has 0 aliphatic heterocycles. The van der Waals surface area contributed by atoms with Crippen molar-refractivity contribution >= 4 is 17.3 Å². The number of nitrogens with zero attached hydrogens (tertiary/aromatic N) is 1. The van der Waals surface area contributed by atoms with Gasteiger partial charge in [0.05, 0.1) is 5.69 Å². The van der Waals surface area contributed by atoms with E-state index in [-0.39, 0.29) is 0 Å². The van der Waals surface area contributed by atoms with Crippen molar-refractivity contribution in [2.45, 2.75) is 25.3 Å². The summed E-state index contributed by atoms with van der Waals surface area (Å²) >= 11 is 5.88. The van der Waals surface area contributed by atoms with Gasteiger partial charge in [-0.3, -0.25) is 0 Å². The summed E-state index contributed by atoms with van der Waals surface area (Å²) in [6.45, 7) is 0. The number of nitrogens with one attached hydrogen (secondary N) is 1. The molecule has 0 unspecified atom stereocenters. The molecule has 0 atom stereocenters. The second-order valence-electron chi connectivity index (χ2n) is 3.11. The third-order valence-corrected chi connectivity index (χ3v) is 2.53. The van der Waals surface area contributed by atoms with Crippen LogP contribution in [0.3, 0.4) is 0 Å². The lowest BCUT2D eigenvalue weighted by molar-refractivity contribution is 0.445. The maximum absolute atomic E-state index is 5.88. The second kappa shape index (κ2) is 3.31. The monoisotopic (exact) mass is 182 g/mol. The minimum atomic E-state index is 0.574. The highest BCUT2D eigenvalue weighted by molar-refractivity contribution is 6.31. The number of halogens is 1. The fourth-order valence-electron chi connectivity index (χ4n) is 1.27. The van der Waals surface area contributed by atoms with E-state index in [4.69, 9.17) is 11.6 Å². The number of aromatic nitrogens is 1. The maximum Gasteiger partial charge on any atom is 0.152 e. The van der Waals surface area contributed by atoms with E-state index in [1.54, 1.807) is 6.20 Å². The molecule has 1 fully saturated rings. The Bertz CT molecular complexity index is 271. The first-order valence-electron chi connectivity index (χ1n) is 4.23. The minimum absolute atomic E-state index is 0.574. The topological polar surface area (TPSA) is 24.9 Å². The van der Waals surface area contributed by atoms with Gasteiger partial charge in [0.25, 0.3) is 0 Å². The van der Waals surface area contributed by atoms with Crippen LogP contribution < -0.4 is 5.32 Å². The van der Waals surface area contributed by atoms with Crippen LogP contribution in [0.15, 0.2) is 18.3 Å². The van der Waals surface area contributed by atoms with E-state index in [9.17, 15) is 0 Å². The summed E-state index contributed by atoms with van der Waals surface area (Å²) in [6, 6.07) is 4.48. The molecule has 2 nitrogen and oxygen atoms in total. The Balaban J connectivity index is 2.06. The quantitative estimate of drug-likeness (QED) is 0.712. The highest BCUT2D eigenvalue weighted by atomic mass is 35.5. The van der Waals surface area contributed by atoms with E-state index in [2.05, 4.69) is 10.3 Å². The zero-order chi connectivity index (χ0) is 8.39. The van der Waals surface area contributed by atoms with Crippen molar-refractivity contribution in [1.82, 2.24) is 4.98 Å². The smallest absolute Gasteiger partial charge is 0.152 e. The molecule has 2 rings (SSSR count). The number of anilines is 1. The normalized spacial score (nSPS) is 17.1. The van der Waals surface area contributed by atoms with Crippen LogP contribution in [0.25, 0.3) is 0 Å². The van der Waals surface area contributed by atoms with Crippen LogP contribution in [0.4, 0.5) is 5.69 Å². The van der Waals surface area contributed by atoms with Gasteiger partial charge >= 0.3 is 0 Å². The zero-order valence-electron chi connectivity index (χ0n) is 6.76. The molecule has 0 aromatic carbocycles. The molecule has 1 aromatic heterocycles. The van der Waals surface area contributed by atoms with Gasteiger partial charge in [0.2, 0.25) is 0 Å². The summed E-state index contributed by atoms with van der Waals surface area (Å²) in [5, 5.41) is 3.93. The van der Waals surface area contributed by atoms with E-state index < -0.39 is 0 Å². The molecule has 0 bridgehead atoms. The Morgan fingerprint density at radius 3 is 2.92 bits per heavy atom. The summed E-state index contributed by atoms with van der Waals surface area (Å²) in [6.07, 6.45) is 5.54. The summed E-state index contributed by atoms with van der Waals surface area (Å²) in [4.78, 5) is 3.99. The molecule has 12 heavy (non-hydrogen) atoms. The van der Waals surface area contributed by atoms with Crippen LogP contribution in [-0.4, -0.2) is 11.0 Å². The molecule has 1 aromatic rings. The molecule has 0 radical (unpaired) electrons. The van der Waals surface area contributed by atoms with E-state index in [0.29, 0.717) is 11.2 Å². The Morgan fingerprint density at radius 2 is 2.33 bits per heavy atom. The van der Waals surface area contributed by atoms with E-state index >= 15 is 0 Å². The van der Waals surface area contributed by atoms with Crippen molar-refractivity contribution in [3.8, 4) is 0 Å². The van der Waals surface area contributed by atoms with Gasteiger partial charge < -0.3 is 5.32 Å². The number of hydrogen-bond acceptors (Lipinski definition) is 2. The maximum atomic E-state index is 5.88. The predicted molar refractivity (Wildman–Crippen MR) is 50.5 cm³/mol. The zero-order valence-corrected chi connectivity index (χ0v) is 7.51. The van der Waals surface area contributed by atoms with Crippen LogP contribution >= 0.6 is 11.6 Å². The first-order valence-corrected chi connectivity index (χ1v) is 4.61. The molecule has 1 saturated carbocycles. The molecule has 0 saturated heterocycles. The third-order valence-electron chi connectivity index (χ3n) is 2.22. The molecule has 1 aliphatic rings. The lowest BCUT2D eigenvalue weighted by Gasteiger charge is -2.27. The molecule has 1 N–H and O–H groups in total. The predicted octanol–water partition coefficient (Wildman–Crippen LogP) is 2.70. The molecule has 1 aliphatic carbocycles. The summed E-state index contributed by atoms with van der Waals surface area (Å²) < 4.78 is 0. The molecule has 3 heteroatoms. The summed E-state index contributed by atoms with van der Waals surface area (Å²) in [5.74, 6) is 0. The minimum Gasteiger partial charge on any atom is -0.380 e. The summed E-state index contributed by atoms with van der Waals surface area (Å²) in [7, 11) is 0. The van der Waals surface area contributed by atoms with Crippen molar-refractivity contribution in [2.24, 2.45) is 0 Å². The van der Waals surface area contributed by atoms with Gasteiger partial charge in [0.15, 0.2) is 5.15 Å². The van der Waals surface area contributed by atoms with Crippen molar-refractivity contribution < 1.29 is 0 Å². The number of rotatable bonds is 2. The van der Waals surface area contributed by atoms with Crippen LogP contribution in [-0.2, 0) is 0 Å². The third kappa shape index (κ3) is 1.53. The van der Waals surface area contributed by atoms with Gasteiger partial charge in [-0.05, 0) is 31.4 Å². The molecule has 1 heterocycles. The highest BCUT2D eigenvalue weighted by Crippen LogP contribution is 2.26. The van der Waals surface area contributed by atoms with E-state index in [1.807, 2.05) is 12.1 Å². The average Bonchev–Trinajstić information content (AvgIpc) is 2.00. The molecular formula is C9H11ClN2. The lowest BCUT2D eigenvalue weighted by Crippen LogP contribution is -2.27. The van der Waals surface area contributed by atoms with Gasteiger partial charge in [-0.1, -0.05) is 11.6 Å². The summed E-state index contributed by atoms with van der Waals surface area (Å²) in [5.41, 5.74) is 0.962. The first-order chi connectivity index (χ1) is 5.86. The molecule has 0 spiro atoms. The SMILES string of the molecule is Clc1ncccc1NC1CCC1. The fourth-order valence-corrected chi connectivity index (χ4v) is 1.44. The number of pyridine rings is 1. The van der Waals surface area contributed by atoms with Crippen LogP contribution in [0, 0.1) is 0 Å². The highest BCUT2D eigenvalue weighted by Gasteiger charge is 2.17. The van der Waals surface area contributed by atoms with Crippen molar-refractivity contribution in [3.63, 3.8) is 0 Å². The molecule has 0 amide bonds. The largest absolute Gasteiger partial charge is 0.380 e. The van der Waals surface area contributed by atoms with Crippen LogP contribution in [0.2, 0.25) is 5.15 Å². The Kier molecular flexibility index (Phi) is 2.17. The van der Waals surface area contributed by atoms with Gasteiger partial charge in [0.1, 0.15) is 0 Å². The Labute approximate surface area is 77.0 Å². The lowest BCUT2D eigenvalue weighted by atomic mass is 9.93. The fraction of sp³-hybridized carbons (Fsp3) is 0.444. The average molecular weight is 183 g/mol. The van der Waals surface area contributed by atoms with Gasteiger partial charge in [-0.15, -0.1) is 0 Å². The van der Waals surface area contributed by atoms with Gasteiger partial charge in [-0.2, -0.15) is 0 Å². The Morgan fingerprint density at radius 1 is 1.50 bits per heavy atom. The van der Waals surface area contributed by atoms with Crippen molar-refractivity contribution in [3.05, 3.63) is 23.5 Å². The number of hydrogen-bond donors (Lipinski definition) is 1. The van der Waals surface area contributed by atoms with Gasteiger partial charge in [-0.25, -0.2) is 4.98 Å².